The number of para-hydroxylation sites is 1. The van der Waals surface area contributed by atoms with Crippen molar-refractivity contribution in [2.75, 3.05) is 6.61 Å². The predicted octanol–water partition coefficient (Wildman–Crippen LogP) is 3.54. The van der Waals surface area contributed by atoms with Crippen molar-refractivity contribution in [3.05, 3.63) is 64.1 Å². The second-order valence-corrected chi connectivity index (χ2v) is 5.48. The number of ether oxygens (including phenoxy) is 1. The zero-order valence-electron chi connectivity index (χ0n) is 12.3. The molecule has 0 unspecified atom stereocenters. The Morgan fingerprint density at radius 3 is 2.68 bits per heavy atom. The summed E-state index contributed by atoms with van der Waals surface area (Å²) in [6.07, 6.45) is 1.88. The SMILES string of the molecule is CCOc1ccccc1C=NNC(=O)Cc1ccc(Br)cc1. The fourth-order valence-electron chi connectivity index (χ4n) is 1.88. The van der Waals surface area contributed by atoms with E-state index < -0.39 is 0 Å². The van der Waals surface area contributed by atoms with Gasteiger partial charge in [0.15, 0.2) is 0 Å². The molecule has 0 aromatic heterocycles. The van der Waals surface area contributed by atoms with Crippen LogP contribution in [0.5, 0.6) is 5.75 Å². The third-order valence-corrected chi connectivity index (χ3v) is 3.42. The number of hydrogen-bond donors (Lipinski definition) is 1. The molecule has 0 saturated heterocycles. The minimum Gasteiger partial charge on any atom is -0.493 e. The summed E-state index contributed by atoms with van der Waals surface area (Å²) in [4.78, 5) is 11.8. The van der Waals surface area contributed by atoms with Gasteiger partial charge in [-0.25, -0.2) is 5.43 Å². The first-order valence-corrected chi connectivity index (χ1v) is 7.76. The average Bonchev–Trinajstić information content (AvgIpc) is 2.51. The minimum absolute atomic E-state index is 0.160. The maximum absolute atomic E-state index is 11.8. The molecule has 0 fully saturated rings. The van der Waals surface area contributed by atoms with Gasteiger partial charge in [0.05, 0.1) is 19.2 Å². The number of amides is 1. The van der Waals surface area contributed by atoms with E-state index in [1.54, 1.807) is 6.21 Å². The Bertz CT molecular complexity index is 654. The summed E-state index contributed by atoms with van der Waals surface area (Å²) in [7, 11) is 0. The molecule has 0 radical (unpaired) electrons. The van der Waals surface area contributed by atoms with E-state index in [0.29, 0.717) is 6.61 Å². The van der Waals surface area contributed by atoms with Gasteiger partial charge in [0, 0.05) is 10.0 Å². The summed E-state index contributed by atoms with van der Waals surface area (Å²) >= 11 is 3.36. The van der Waals surface area contributed by atoms with Crippen LogP contribution in [0.1, 0.15) is 18.1 Å². The van der Waals surface area contributed by atoms with Gasteiger partial charge in [0.2, 0.25) is 5.91 Å². The summed E-state index contributed by atoms with van der Waals surface area (Å²) in [5, 5.41) is 3.98. The lowest BCUT2D eigenvalue weighted by Crippen LogP contribution is -2.19. The molecule has 0 aliphatic carbocycles. The van der Waals surface area contributed by atoms with E-state index in [9.17, 15) is 4.79 Å². The Labute approximate surface area is 138 Å². The van der Waals surface area contributed by atoms with Gasteiger partial charge in [-0.3, -0.25) is 4.79 Å². The standard InChI is InChI=1S/C17H17BrN2O2/c1-2-22-16-6-4-3-5-14(16)12-19-20-17(21)11-13-7-9-15(18)10-8-13/h3-10,12H,2,11H2,1H3,(H,20,21). The number of nitrogens with one attached hydrogen (secondary N) is 1. The molecule has 0 aliphatic rings. The maximum Gasteiger partial charge on any atom is 0.244 e. The highest BCUT2D eigenvalue weighted by Gasteiger charge is 2.02. The first kappa shape index (κ1) is 16.2. The van der Waals surface area contributed by atoms with Crippen LogP contribution in [0.3, 0.4) is 0 Å². The number of hydrogen-bond acceptors (Lipinski definition) is 3. The second-order valence-electron chi connectivity index (χ2n) is 4.57. The molecule has 114 valence electrons. The Kier molecular flexibility index (Phi) is 6.15. The lowest BCUT2D eigenvalue weighted by Gasteiger charge is -2.06. The van der Waals surface area contributed by atoms with E-state index >= 15 is 0 Å². The molecular formula is C17H17BrN2O2. The quantitative estimate of drug-likeness (QED) is 0.632. The van der Waals surface area contributed by atoms with Crippen molar-refractivity contribution < 1.29 is 9.53 Å². The number of carbonyl (C=O) groups excluding carboxylic acids is 1. The highest BCUT2D eigenvalue weighted by Crippen LogP contribution is 2.15. The summed E-state index contributed by atoms with van der Waals surface area (Å²) in [6, 6.07) is 15.2. The molecule has 0 atom stereocenters. The number of halogens is 1. The van der Waals surface area contributed by atoms with Crippen LogP contribution in [-0.2, 0) is 11.2 Å². The van der Waals surface area contributed by atoms with Crippen molar-refractivity contribution >= 4 is 28.1 Å². The van der Waals surface area contributed by atoms with Gasteiger partial charge in [-0.05, 0) is 36.8 Å². The zero-order chi connectivity index (χ0) is 15.8. The van der Waals surface area contributed by atoms with Crippen molar-refractivity contribution in [2.24, 2.45) is 5.10 Å². The van der Waals surface area contributed by atoms with Crippen molar-refractivity contribution in [3.63, 3.8) is 0 Å². The molecule has 1 N–H and O–H groups in total. The number of nitrogens with zero attached hydrogens (tertiary/aromatic N) is 1. The van der Waals surface area contributed by atoms with Gasteiger partial charge >= 0.3 is 0 Å². The van der Waals surface area contributed by atoms with Gasteiger partial charge in [0.25, 0.3) is 0 Å². The van der Waals surface area contributed by atoms with E-state index in [4.69, 9.17) is 4.74 Å². The van der Waals surface area contributed by atoms with E-state index in [2.05, 4.69) is 26.5 Å². The topological polar surface area (TPSA) is 50.7 Å². The smallest absolute Gasteiger partial charge is 0.244 e. The van der Waals surface area contributed by atoms with Gasteiger partial charge < -0.3 is 4.74 Å². The van der Waals surface area contributed by atoms with Crippen molar-refractivity contribution in [2.45, 2.75) is 13.3 Å². The largest absolute Gasteiger partial charge is 0.493 e. The third kappa shape index (κ3) is 5.00. The van der Waals surface area contributed by atoms with Crippen molar-refractivity contribution in [1.82, 2.24) is 5.43 Å². The Hall–Kier alpha value is -2.14. The zero-order valence-corrected chi connectivity index (χ0v) is 13.8. The highest BCUT2D eigenvalue weighted by atomic mass is 79.9. The number of rotatable bonds is 6. The predicted molar refractivity (Wildman–Crippen MR) is 91.2 cm³/mol. The van der Waals surface area contributed by atoms with Gasteiger partial charge in [-0.1, -0.05) is 40.2 Å². The second kappa shape index (κ2) is 8.34. The molecule has 2 aromatic carbocycles. The monoisotopic (exact) mass is 360 g/mol. The molecule has 2 aromatic rings. The molecular weight excluding hydrogens is 344 g/mol. The lowest BCUT2D eigenvalue weighted by atomic mass is 10.1. The fourth-order valence-corrected chi connectivity index (χ4v) is 2.14. The van der Waals surface area contributed by atoms with Crippen molar-refractivity contribution in [3.8, 4) is 5.75 Å². The molecule has 22 heavy (non-hydrogen) atoms. The van der Waals surface area contributed by atoms with E-state index in [1.807, 2.05) is 55.5 Å². The van der Waals surface area contributed by atoms with Crippen molar-refractivity contribution in [1.29, 1.82) is 0 Å². The van der Waals surface area contributed by atoms with Gasteiger partial charge in [0.1, 0.15) is 5.75 Å². The maximum atomic E-state index is 11.8. The summed E-state index contributed by atoms with van der Waals surface area (Å²) in [6.45, 7) is 2.51. The molecule has 0 spiro atoms. The first-order chi connectivity index (χ1) is 10.7. The van der Waals surface area contributed by atoms with Gasteiger partial charge in [-0.15, -0.1) is 0 Å². The summed E-state index contributed by atoms with van der Waals surface area (Å²) in [5.74, 6) is 0.586. The first-order valence-electron chi connectivity index (χ1n) is 6.97. The third-order valence-electron chi connectivity index (χ3n) is 2.89. The molecule has 0 bridgehead atoms. The van der Waals surface area contributed by atoms with Crippen LogP contribution in [-0.4, -0.2) is 18.7 Å². The molecule has 2 rings (SSSR count). The molecule has 4 nitrogen and oxygen atoms in total. The Morgan fingerprint density at radius 2 is 1.95 bits per heavy atom. The van der Waals surface area contributed by atoms with Crippen LogP contribution in [0.2, 0.25) is 0 Å². The molecule has 0 heterocycles. The van der Waals surface area contributed by atoms with E-state index in [0.717, 1.165) is 21.3 Å². The Morgan fingerprint density at radius 1 is 1.23 bits per heavy atom. The lowest BCUT2D eigenvalue weighted by molar-refractivity contribution is -0.120. The fraction of sp³-hybridized carbons (Fsp3) is 0.176. The van der Waals surface area contributed by atoms with Crippen LogP contribution in [0, 0.1) is 0 Å². The number of benzene rings is 2. The van der Waals surface area contributed by atoms with Crippen LogP contribution in [0.25, 0.3) is 0 Å². The van der Waals surface area contributed by atoms with E-state index in [1.165, 1.54) is 0 Å². The summed E-state index contributed by atoms with van der Waals surface area (Å²) < 4.78 is 6.48. The Balaban J connectivity index is 1.92. The van der Waals surface area contributed by atoms with E-state index in [-0.39, 0.29) is 12.3 Å². The molecule has 0 aliphatic heterocycles. The average molecular weight is 361 g/mol. The van der Waals surface area contributed by atoms with Crippen LogP contribution >= 0.6 is 15.9 Å². The summed E-state index contributed by atoms with van der Waals surface area (Å²) in [5.41, 5.74) is 4.29. The number of hydrazone groups is 1. The minimum atomic E-state index is -0.160. The van der Waals surface area contributed by atoms with Gasteiger partial charge in [-0.2, -0.15) is 5.10 Å². The molecule has 5 heteroatoms. The normalized spacial score (nSPS) is 10.6. The highest BCUT2D eigenvalue weighted by molar-refractivity contribution is 9.10. The number of carbonyl (C=O) groups is 1. The van der Waals surface area contributed by atoms with Crippen LogP contribution in [0.4, 0.5) is 0 Å². The molecule has 0 saturated carbocycles. The van der Waals surface area contributed by atoms with Crippen LogP contribution < -0.4 is 10.2 Å². The van der Waals surface area contributed by atoms with Crippen LogP contribution in [0.15, 0.2) is 58.1 Å². The molecule has 1 amide bonds.